The van der Waals surface area contributed by atoms with Gasteiger partial charge in [-0.2, -0.15) is 0 Å². The van der Waals surface area contributed by atoms with Gasteiger partial charge in [-0.1, -0.05) is 44.2 Å². The molecule has 2 N–H and O–H groups in total. The Labute approximate surface area is 169 Å². The van der Waals surface area contributed by atoms with Crippen LogP contribution in [0.3, 0.4) is 0 Å². The lowest BCUT2D eigenvalue weighted by Gasteiger charge is -2.30. The smallest absolute Gasteiger partial charge is 0.216 e. The van der Waals surface area contributed by atoms with E-state index in [2.05, 4.69) is 35.7 Å². The van der Waals surface area contributed by atoms with E-state index < -0.39 is 14.8 Å². The number of aromatic nitrogens is 2. The molecule has 0 spiro atoms. The molecule has 3 rings (SSSR count). The van der Waals surface area contributed by atoms with E-state index in [9.17, 15) is 8.42 Å². The van der Waals surface area contributed by atoms with Gasteiger partial charge in [0.05, 0.1) is 10.4 Å². The SMILES string of the molecule is CC(C)c1[nH]c([C@H]2CC[C@H](NS(=O)(=O)C(C)(C)C)CC2)nc1-c1ccccc1. The van der Waals surface area contributed by atoms with E-state index in [1.54, 1.807) is 20.8 Å². The highest BCUT2D eigenvalue weighted by Crippen LogP contribution is 2.36. The molecule has 0 aliphatic heterocycles. The van der Waals surface area contributed by atoms with Crippen LogP contribution < -0.4 is 4.72 Å². The van der Waals surface area contributed by atoms with Crippen LogP contribution in [0.1, 0.15) is 83.7 Å². The molecule has 1 aliphatic carbocycles. The number of hydrogen-bond donors (Lipinski definition) is 2. The van der Waals surface area contributed by atoms with Crippen LogP contribution in [-0.2, 0) is 10.0 Å². The van der Waals surface area contributed by atoms with Gasteiger partial charge in [-0.3, -0.25) is 0 Å². The summed E-state index contributed by atoms with van der Waals surface area (Å²) in [6, 6.07) is 10.3. The Hall–Kier alpha value is -1.66. The van der Waals surface area contributed by atoms with Gasteiger partial charge in [0.1, 0.15) is 5.82 Å². The molecule has 1 fully saturated rings. The largest absolute Gasteiger partial charge is 0.345 e. The number of benzene rings is 1. The van der Waals surface area contributed by atoms with Crippen LogP contribution in [0, 0.1) is 0 Å². The zero-order valence-corrected chi connectivity index (χ0v) is 18.4. The van der Waals surface area contributed by atoms with Crippen molar-refractivity contribution in [2.45, 2.75) is 82.9 Å². The van der Waals surface area contributed by atoms with E-state index in [4.69, 9.17) is 4.98 Å². The fraction of sp³-hybridized carbons (Fsp3) is 0.591. The van der Waals surface area contributed by atoms with Crippen LogP contribution in [0.15, 0.2) is 30.3 Å². The van der Waals surface area contributed by atoms with Crippen molar-refractivity contribution in [2.75, 3.05) is 0 Å². The number of aromatic amines is 1. The van der Waals surface area contributed by atoms with Crippen molar-refractivity contribution in [1.29, 1.82) is 0 Å². The zero-order valence-electron chi connectivity index (χ0n) is 17.6. The number of hydrogen-bond acceptors (Lipinski definition) is 3. The van der Waals surface area contributed by atoms with Gasteiger partial charge in [0.25, 0.3) is 0 Å². The standard InChI is InChI=1S/C22H33N3O2S/c1-15(2)19-20(16-9-7-6-8-10-16)24-21(23-19)17-11-13-18(14-12-17)25-28(26,27)22(3,4)5/h6-10,15,17-18,25H,11-14H2,1-5H3,(H,23,24)/t17-,18-. The summed E-state index contributed by atoms with van der Waals surface area (Å²) in [5, 5.41) is 0. The number of imidazole rings is 1. The van der Waals surface area contributed by atoms with Gasteiger partial charge < -0.3 is 4.98 Å². The van der Waals surface area contributed by atoms with E-state index in [-0.39, 0.29) is 6.04 Å². The molecule has 1 heterocycles. The number of H-pyrrole nitrogens is 1. The van der Waals surface area contributed by atoms with Crippen molar-refractivity contribution in [3.8, 4) is 11.3 Å². The molecule has 0 bridgehead atoms. The van der Waals surface area contributed by atoms with Crippen LogP contribution in [0.25, 0.3) is 11.3 Å². The van der Waals surface area contributed by atoms with Crippen molar-refractivity contribution < 1.29 is 8.42 Å². The molecule has 5 nitrogen and oxygen atoms in total. The molecular formula is C22H33N3O2S. The lowest BCUT2D eigenvalue weighted by Crippen LogP contribution is -2.45. The molecule has 1 aromatic carbocycles. The number of sulfonamides is 1. The molecular weight excluding hydrogens is 370 g/mol. The van der Waals surface area contributed by atoms with Gasteiger partial charge in [-0.05, 0) is 52.4 Å². The summed E-state index contributed by atoms with van der Waals surface area (Å²) in [5.74, 6) is 1.76. The van der Waals surface area contributed by atoms with Crippen molar-refractivity contribution >= 4 is 10.0 Å². The highest BCUT2D eigenvalue weighted by Gasteiger charge is 2.33. The third kappa shape index (κ3) is 4.49. The predicted octanol–water partition coefficient (Wildman–Crippen LogP) is 4.94. The minimum atomic E-state index is -3.30. The third-order valence-corrected chi connectivity index (χ3v) is 7.87. The average Bonchev–Trinajstić information content (AvgIpc) is 3.07. The Balaban J connectivity index is 1.73. The highest BCUT2D eigenvalue weighted by molar-refractivity contribution is 7.90. The summed E-state index contributed by atoms with van der Waals surface area (Å²) in [6.45, 7) is 9.58. The molecule has 0 amide bonds. The summed E-state index contributed by atoms with van der Waals surface area (Å²) in [5.41, 5.74) is 3.36. The minimum Gasteiger partial charge on any atom is -0.345 e. The Morgan fingerprint density at radius 1 is 1.07 bits per heavy atom. The van der Waals surface area contributed by atoms with Crippen molar-refractivity contribution in [3.05, 3.63) is 41.9 Å². The quantitative estimate of drug-likeness (QED) is 0.742. The Kier molecular flexibility index (Phi) is 6.01. The lowest BCUT2D eigenvalue weighted by molar-refractivity contribution is 0.363. The molecule has 1 aliphatic rings. The van der Waals surface area contributed by atoms with Crippen LogP contribution in [0.4, 0.5) is 0 Å². The number of nitrogens with zero attached hydrogens (tertiary/aromatic N) is 1. The fourth-order valence-corrected chi connectivity index (χ4v) is 4.74. The van der Waals surface area contributed by atoms with E-state index >= 15 is 0 Å². The van der Waals surface area contributed by atoms with Gasteiger partial charge in [-0.15, -0.1) is 0 Å². The first kappa shape index (κ1) is 21.1. The van der Waals surface area contributed by atoms with E-state index in [1.807, 2.05) is 18.2 Å². The second kappa shape index (κ2) is 7.99. The monoisotopic (exact) mass is 403 g/mol. The normalized spacial score (nSPS) is 21.2. The third-order valence-electron chi connectivity index (χ3n) is 5.62. The van der Waals surface area contributed by atoms with Crippen LogP contribution >= 0.6 is 0 Å². The molecule has 6 heteroatoms. The Bertz CT molecular complexity index is 888. The average molecular weight is 404 g/mol. The molecule has 0 radical (unpaired) electrons. The van der Waals surface area contributed by atoms with E-state index in [0.717, 1.165) is 42.8 Å². The molecule has 1 aromatic heterocycles. The molecule has 2 aromatic rings. The first-order valence-corrected chi connectivity index (χ1v) is 11.7. The van der Waals surface area contributed by atoms with Crippen LogP contribution in [0.5, 0.6) is 0 Å². The summed E-state index contributed by atoms with van der Waals surface area (Å²) >= 11 is 0. The fourth-order valence-electron chi connectivity index (χ4n) is 3.71. The van der Waals surface area contributed by atoms with Crippen LogP contribution in [-0.4, -0.2) is 29.2 Å². The molecule has 0 unspecified atom stereocenters. The number of nitrogens with one attached hydrogen (secondary N) is 2. The van der Waals surface area contributed by atoms with Gasteiger partial charge in [-0.25, -0.2) is 18.1 Å². The molecule has 154 valence electrons. The molecule has 0 saturated heterocycles. The first-order chi connectivity index (χ1) is 13.1. The molecule has 28 heavy (non-hydrogen) atoms. The summed E-state index contributed by atoms with van der Waals surface area (Å²) in [6.07, 6.45) is 3.57. The van der Waals surface area contributed by atoms with Gasteiger partial charge in [0.2, 0.25) is 10.0 Å². The van der Waals surface area contributed by atoms with Crippen molar-refractivity contribution in [3.63, 3.8) is 0 Å². The molecule has 1 saturated carbocycles. The van der Waals surface area contributed by atoms with E-state index in [1.165, 1.54) is 5.69 Å². The maximum absolute atomic E-state index is 12.4. The van der Waals surface area contributed by atoms with Crippen LogP contribution in [0.2, 0.25) is 0 Å². The Morgan fingerprint density at radius 2 is 1.68 bits per heavy atom. The number of rotatable bonds is 5. The maximum atomic E-state index is 12.4. The summed E-state index contributed by atoms with van der Waals surface area (Å²) in [7, 11) is -3.30. The summed E-state index contributed by atoms with van der Waals surface area (Å²) in [4.78, 5) is 8.56. The summed E-state index contributed by atoms with van der Waals surface area (Å²) < 4.78 is 27.0. The topological polar surface area (TPSA) is 74.8 Å². The van der Waals surface area contributed by atoms with E-state index in [0.29, 0.717) is 11.8 Å². The second-order valence-electron chi connectivity index (χ2n) is 9.19. The minimum absolute atomic E-state index is 0.0219. The van der Waals surface area contributed by atoms with Gasteiger partial charge in [0, 0.05) is 23.2 Å². The lowest BCUT2D eigenvalue weighted by atomic mass is 9.86. The predicted molar refractivity (Wildman–Crippen MR) is 115 cm³/mol. The van der Waals surface area contributed by atoms with Gasteiger partial charge in [0.15, 0.2) is 0 Å². The highest BCUT2D eigenvalue weighted by atomic mass is 32.2. The molecule has 0 atom stereocenters. The van der Waals surface area contributed by atoms with Crippen molar-refractivity contribution in [1.82, 2.24) is 14.7 Å². The first-order valence-electron chi connectivity index (χ1n) is 10.3. The Morgan fingerprint density at radius 3 is 2.21 bits per heavy atom. The van der Waals surface area contributed by atoms with Crippen molar-refractivity contribution in [2.24, 2.45) is 0 Å². The van der Waals surface area contributed by atoms with Gasteiger partial charge >= 0.3 is 0 Å². The zero-order chi connectivity index (χ0) is 20.5. The second-order valence-corrected chi connectivity index (χ2v) is 11.7. The maximum Gasteiger partial charge on any atom is 0.216 e.